The van der Waals surface area contributed by atoms with Crippen LogP contribution in [-0.2, 0) is 19.5 Å². The van der Waals surface area contributed by atoms with Crippen molar-refractivity contribution in [1.82, 2.24) is 15.1 Å². The average Bonchev–Trinajstić information content (AvgIpc) is 3.17. The summed E-state index contributed by atoms with van der Waals surface area (Å²) in [7, 11) is 0. The molecule has 0 amide bonds. The van der Waals surface area contributed by atoms with Gasteiger partial charge in [-0.05, 0) is 32.1 Å². The highest BCUT2D eigenvalue weighted by Gasteiger charge is 2.29. The molecule has 1 atom stereocenters. The summed E-state index contributed by atoms with van der Waals surface area (Å²) in [6.07, 6.45) is 2.96. The number of rotatable bonds is 7. The zero-order valence-electron chi connectivity index (χ0n) is 11.1. The van der Waals surface area contributed by atoms with Crippen molar-refractivity contribution in [2.24, 2.45) is 5.92 Å². The minimum Gasteiger partial charge on any atom is -0.392 e. The van der Waals surface area contributed by atoms with E-state index in [4.69, 9.17) is 11.6 Å². The van der Waals surface area contributed by atoms with Gasteiger partial charge in [0.25, 0.3) is 0 Å². The first-order chi connectivity index (χ1) is 8.67. The third-order valence-electron chi connectivity index (χ3n) is 3.51. The van der Waals surface area contributed by atoms with Crippen molar-refractivity contribution in [3.8, 4) is 0 Å². The molecule has 1 aliphatic rings. The van der Waals surface area contributed by atoms with Gasteiger partial charge in [-0.15, -0.1) is 0 Å². The van der Waals surface area contributed by atoms with Crippen LogP contribution in [0, 0.1) is 5.92 Å². The van der Waals surface area contributed by atoms with Gasteiger partial charge in [0.1, 0.15) is 0 Å². The van der Waals surface area contributed by atoms with Crippen LogP contribution in [0.25, 0.3) is 0 Å². The normalized spacial score (nSPS) is 17.1. The summed E-state index contributed by atoms with van der Waals surface area (Å²) in [5, 5.41) is 18.3. The van der Waals surface area contributed by atoms with Crippen LogP contribution >= 0.6 is 11.6 Å². The van der Waals surface area contributed by atoms with E-state index in [9.17, 15) is 5.11 Å². The fourth-order valence-electron chi connectivity index (χ4n) is 2.17. The average molecular weight is 272 g/mol. The maximum atomic E-state index is 9.80. The summed E-state index contributed by atoms with van der Waals surface area (Å²) >= 11 is 6.31. The summed E-state index contributed by atoms with van der Waals surface area (Å²) in [4.78, 5) is 0. The monoisotopic (exact) mass is 271 g/mol. The third kappa shape index (κ3) is 3.05. The lowest BCUT2D eigenvalue weighted by molar-refractivity contribution is 0.148. The number of halogens is 1. The Balaban J connectivity index is 1.92. The number of aryl methyl sites for hydroxylation is 2. The van der Waals surface area contributed by atoms with Crippen molar-refractivity contribution >= 4 is 11.6 Å². The molecule has 0 aliphatic heterocycles. The molecule has 5 heteroatoms. The highest BCUT2D eigenvalue weighted by Crippen LogP contribution is 2.32. The Morgan fingerprint density at radius 3 is 2.78 bits per heavy atom. The van der Waals surface area contributed by atoms with E-state index in [1.54, 1.807) is 0 Å². The lowest BCUT2D eigenvalue weighted by atomic mass is 10.2. The number of hydrogen-bond donors (Lipinski definition) is 2. The van der Waals surface area contributed by atoms with Crippen LogP contribution in [0.2, 0.25) is 5.02 Å². The topological polar surface area (TPSA) is 50.1 Å². The number of nitrogens with one attached hydrogen (secondary N) is 1. The Morgan fingerprint density at radius 2 is 2.22 bits per heavy atom. The Hall–Kier alpha value is -0.580. The lowest BCUT2D eigenvalue weighted by Crippen LogP contribution is -2.28. The molecule has 102 valence electrons. The van der Waals surface area contributed by atoms with Gasteiger partial charge in [-0.25, -0.2) is 0 Å². The van der Waals surface area contributed by atoms with E-state index in [2.05, 4.69) is 24.3 Å². The largest absolute Gasteiger partial charge is 0.392 e. The van der Waals surface area contributed by atoms with Gasteiger partial charge in [-0.3, -0.25) is 4.68 Å². The van der Waals surface area contributed by atoms with E-state index >= 15 is 0 Å². The van der Waals surface area contributed by atoms with Crippen molar-refractivity contribution < 1.29 is 5.11 Å². The summed E-state index contributed by atoms with van der Waals surface area (Å²) in [5.41, 5.74) is 1.98. The molecule has 0 bridgehead atoms. The van der Waals surface area contributed by atoms with Crippen LogP contribution in [-0.4, -0.2) is 27.5 Å². The second kappa shape index (κ2) is 6.04. The minimum atomic E-state index is -0.215. The van der Waals surface area contributed by atoms with Gasteiger partial charge in [0.05, 0.1) is 22.5 Å². The molecule has 2 N–H and O–H groups in total. The van der Waals surface area contributed by atoms with E-state index in [0.29, 0.717) is 19.0 Å². The molecule has 1 saturated carbocycles. The number of nitrogens with zero attached hydrogens (tertiary/aromatic N) is 2. The molecule has 1 aromatic rings. The molecule has 4 nitrogen and oxygen atoms in total. The van der Waals surface area contributed by atoms with E-state index in [1.807, 2.05) is 4.68 Å². The van der Waals surface area contributed by atoms with Crippen molar-refractivity contribution in [2.75, 3.05) is 6.54 Å². The van der Waals surface area contributed by atoms with Gasteiger partial charge in [-0.2, -0.15) is 5.10 Å². The summed E-state index contributed by atoms with van der Waals surface area (Å²) < 4.78 is 1.94. The Bertz CT molecular complexity index is 401. The smallest absolute Gasteiger partial charge is 0.0863 e. The highest BCUT2D eigenvalue weighted by molar-refractivity contribution is 6.31. The SMILES string of the molecule is CCc1nn(CC)c(CNCC(O)C2CC2)c1Cl. The van der Waals surface area contributed by atoms with Crippen molar-refractivity contribution in [2.45, 2.75) is 52.3 Å². The van der Waals surface area contributed by atoms with Crippen molar-refractivity contribution in [3.63, 3.8) is 0 Å². The molecule has 0 saturated heterocycles. The van der Waals surface area contributed by atoms with Crippen molar-refractivity contribution in [1.29, 1.82) is 0 Å². The Kier molecular flexibility index (Phi) is 4.65. The summed E-state index contributed by atoms with van der Waals surface area (Å²) in [6.45, 7) is 6.25. The van der Waals surface area contributed by atoms with Crippen LogP contribution < -0.4 is 5.32 Å². The third-order valence-corrected chi connectivity index (χ3v) is 3.94. The van der Waals surface area contributed by atoms with Gasteiger partial charge >= 0.3 is 0 Å². The molecule has 18 heavy (non-hydrogen) atoms. The van der Waals surface area contributed by atoms with Gasteiger partial charge in [0, 0.05) is 19.6 Å². The van der Waals surface area contributed by atoms with Gasteiger partial charge < -0.3 is 10.4 Å². The summed E-state index contributed by atoms with van der Waals surface area (Å²) in [6, 6.07) is 0. The molecule has 2 rings (SSSR count). The molecule has 1 heterocycles. The first-order valence-corrected chi connectivity index (χ1v) is 7.18. The molecular weight excluding hydrogens is 250 g/mol. The minimum absolute atomic E-state index is 0.215. The number of aliphatic hydroxyl groups excluding tert-OH is 1. The quantitative estimate of drug-likeness (QED) is 0.797. The first-order valence-electron chi connectivity index (χ1n) is 6.80. The highest BCUT2D eigenvalue weighted by atomic mass is 35.5. The molecule has 1 fully saturated rings. The van der Waals surface area contributed by atoms with Crippen molar-refractivity contribution in [3.05, 3.63) is 16.4 Å². The number of aliphatic hydroxyl groups is 1. The fraction of sp³-hybridized carbons (Fsp3) is 0.769. The van der Waals surface area contributed by atoms with Crippen LogP contribution in [0.4, 0.5) is 0 Å². The van der Waals surface area contributed by atoms with E-state index in [0.717, 1.165) is 42.2 Å². The standard InChI is InChI=1S/C13H22ClN3O/c1-3-10-13(14)11(17(4-2)16-10)7-15-8-12(18)9-5-6-9/h9,12,15,18H,3-8H2,1-2H3. The molecule has 0 aromatic carbocycles. The van der Waals surface area contributed by atoms with Crippen LogP contribution in [0.15, 0.2) is 0 Å². The Morgan fingerprint density at radius 1 is 1.50 bits per heavy atom. The maximum absolute atomic E-state index is 9.80. The van der Waals surface area contributed by atoms with Gasteiger partial charge in [-0.1, -0.05) is 18.5 Å². The molecular formula is C13H22ClN3O. The number of hydrogen-bond acceptors (Lipinski definition) is 3. The Labute approximate surface area is 113 Å². The van der Waals surface area contributed by atoms with E-state index in [-0.39, 0.29) is 6.10 Å². The van der Waals surface area contributed by atoms with Crippen LogP contribution in [0.3, 0.4) is 0 Å². The zero-order chi connectivity index (χ0) is 13.1. The predicted octanol–water partition coefficient (Wildman–Crippen LogP) is 1.98. The molecule has 0 spiro atoms. The maximum Gasteiger partial charge on any atom is 0.0863 e. The first kappa shape index (κ1) is 13.8. The van der Waals surface area contributed by atoms with Crippen LogP contribution in [0.5, 0.6) is 0 Å². The summed E-state index contributed by atoms with van der Waals surface area (Å²) in [5.74, 6) is 0.510. The van der Waals surface area contributed by atoms with Gasteiger partial charge in [0.15, 0.2) is 0 Å². The fourth-order valence-corrected chi connectivity index (χ4v) is 2.51. The number of aromatic nitrogens is 2. The zero-order valence-corrected chi connectivity index (χ0v) is 11.9. The van der Waals surface area contributed by atoms with Crippen LogP contribution in [0.1, 0.15) is 38.1 Å². The second-order valence-corrected chi connectivity index (χ2v) is 5.29. The van der Waals surface area contributed by atoms with E-state index in [1.165, 1.54) is 0 Å². The molecule has 0 radical (unpaired) electrons. The van der Waals surface area contributed by atoms with E-state index < -0.39 is 0 Å². The second-order valence-electron chi connectivity index (χ2n) is 4.91. The molecule has 1 aromatic heterocycles. The molecule has 1 aliphatic carbocycles. The molecule has 1 unspecified atom stereocenters. The van der Waals surface area contributed by atoms with Gasteiger partial charge in [0.2, 0.25) is 0 Å². The predicted molar refractivity (Wildman–Crippen MR) is 72.7 cm³/mol. The lowest BCUT2D eigenvalue weighted by Gasteiger charge is -2.11.